The molecule has 0 amide bonds. The smallest absolute Gasteiger partial charge is 0.178 e. The molecule has 6 heteroatoms. The van der Waals surface area contributed by atoms with Gasteiger partial charge in [-0.3, -0.25) is 9.59 Å². The average Bonchev–Trinajstić information content (AvgIpc) is 2.99. The van der Waals surface area contributed by atoms with E-state index in [1.165, 1.54) is 5.57 Å². The summed E-state index contributed by atoms with van der Waals surface area (Å²) in [6.45, 7) is 5.79. The number of aliphatic hydroxyl groups excluding tert-OH is 1. The molecule has 0 bridgehead atoms. The number of fused-ring (bicyclic) bond motifs is 5. The third-order valence-electron chi connectivity index (χ3n) is 9.60. The monoisotopic (exact) mass is 432 g/mol. The van der Waals surface area contributed by atoms with Gasteiger partial charge in [-0.25, -0.2) is 0 Å². The lowest BCUT2D eigenvalue weighted by molar-refractivity contribution is -0.180. The minimum Gasteiger partial charge on any atom is -0.393 e. The van der Waals surface area contributed by atoms with Crippen molar-refractivity contribution in [2.75, 3.05) is 19.6 Å². The summed E-state index contributed by atoms with van der Waals surface area (Å²) in [6.07, 6.45) is 8.03. The third kappa shape index (κ3) is 3.54. The number of ketones is 2. The molecule has 6 nitrogen and oxygen atoms in total. The zero-order valence-corrected chi connectivity index (χ0v) is 19.2. The average molecular weight is 433 g/mol. The first-order chi connectivity index (χ1) is 14.7. The lowest BCUT2D eigenvalue weighted by atomic mass is 9.45. The van der Waals surface area contributed by atoms with Crippen LogP contribution < -0.4 is 11.1 Å². The van der Waals surface area contributed by atoms with Gasteiger partial charge in [-0.1, -0.05) is 19.4 Å². The zero-order valence-electron chi connectivity index (χ0n) is 19.2. The van der Waals surface area contributed by atoms with Gasteiger partial charge in [0.25, 0.3) is 0 Å². The molecule has 3 fully saturated rings. The van der Waals surface area contributed by atoms with Crippen LogP contribution in [0.4, 0.5) is 0 Å². The first kappa shape index (κ1) is 23.1. The largest absolute Gasteiger partial charge is 0.393 e. The molecule has 0 heterocycles. The maximum absolute atomic E-state index is 13.2. The molecule has 7 atom stereocenters. The van der Waals surface area contributed by atoms with E-state index in [2.05, 4.69) is 12.2 Å². The molecule has 5 N–H and O–H groups in total. The molecule has 4 aliphatic carbocycles. The van der Waals surface area contributed by atoms with Gasteiger partial charge in [0.15, 0.2) is 11.6 Å². The molecular formula is C25H40N2O4. The normalized spacial score (nSPS) is 44.3. The molecule has 174 valence electrons. The summed E-state index contributed by atoms with van der Waals surface area (Å²) >= 11 is 0. The van der Waals surface area contributed by atoms with Gasteiger partial charge < -0.3 is 21.3 Å². The summed E-state index contributed by atoms with van der Waals surface area (Å²) in [7, 11) is 0. The van der Waals surface area contributed by atoms with Gasteiger partial charge in [-0.2, -0.15) is 0 Å². The summed E-state index contributed by atoms with van der Waals surface area (Å²) in [6, 6.07) is 0. The van der Waals surface area contributed by atoms with Crippen molar-refractivity contribution in [3.8, 4) is 0 Å². The molecule has 0 radical (unpaired) electrons. The second-order valence-electron chi connectivity index (χ2n) is 11.1. The van der Waals surface area contributed by atoms with Gasteiger partial charge in [0.05, 0.1) is 12.6 Å². The molecule has 4 aliphatic rings. The first-order valence-electron chi connectivity index (χ1n) is 12.3. The highest BCUT2D eigenvalue weighted by Gasteiger charge is 2.68. The van der Waals surface area contributed by atoms with Gasteiger partial charge in [-0.15, -0.1) is 0 Å². The van der Waals surface area contributed by atoms with E-state index >= 15 is 0 Å². The highest BCUT2D eigenvalue weighted by atomic mass is 16.3. The molecule has 0 saturated heterocycles. The fourth-order valence-corrected chi connectivity index (χ4v) is 7.89. The zero-order chi connectivity index (χ0) is 22.4. The number of nitrogens with two attached hydrogens (primary N) is 1. The standard InChI is InChI=1S/C25H40N2O4/c1-23-9-7-17(28)13-16(23)5-6-18-19-8-10-25(31,21(30)15-27-12-4-3-11-26)24(19,2)14-20(29)22(18)23/h13,18-20,22,27,29,31H,3-12,14-15,26H2,1-2H3/t18-,19-,20-,22+,23-,24-,25-/m0/s1. The number of hydrogen-bond acceptors (Lipinski definition) is 6. The molecule has 0 aromatic carbocycles. The van der Waals surface area contributed by atoms with Crippen LogP contribution in [0.2, 0.25) is 0 Å². The Hall–Kier alpha value is -1.08. The number of unbranched alkanes of at least 4 members (excludes halogenated alkanes) is 1. The van der Waals surface area contributed by atoms with Gasteiger partial charge in [-0.05, 0) is 93.7 Å². The molecule has 0 aromatic heterocycles. The predicted octanol–water partition coefficient (Wildman–Crippen LogP) is 2.12. The van der Waals surface area contributed by atoms with Crippen LogP contribution in [0.25, 0.3) is 0 Å². The number of rotatable bonds is 7. The van der Waals surface area contributed by atoms with Crippen LogP contribution in [0.15, 0.2) is 11.6 Å². The lowest BCUT2D eigenvalue weighted by Gasteiger charge is -2.60. The number of nitrogens with one attached hydrogen (secondary N) is 1. The number of hydrogen-bond donors (Lipinski definition) is 4. The molecule has 0 aliphatic heterocycles. The highest BCUT2D eigenvalue weighted by molar-refractivity contribution is 5.92. The van der Waals surface area contributed by atoms with Crippen molar-refractivity contribution in [1.29, 1.82) is 0 Å². The van der Waals surface area contributed by atoms with E-state index in [0.29, 0.717) is 25.8 Å². The van der Waals surface area contributed by atoms with Crippen molar-refractivity contribution in [3.05, 3.63) is 11.6 Å². The van der Waals surface area contributed by atoms with Gasteiger partial charge in [0.2, 0.25) is 0 Å². The third-order valence-corrected chi connectivity index (χ3v) is 9.60. The van der Waals surface area contributed by atoms with Crippen LogP contribution in [0.3, 0.4) is 0 Å². The summed E-state index contributed by atoms with van der Waals surface area (Å²) in [5, 5.41) is 26.3. The Kier molecular flexibility index (Phi) is 6.23. The van der Waals surface area contributed by atoms with Crippen molar-refractivity contribution in [1.82, 2.24) is 5.32 Å². The second-order valence-corrected chi connectivity index (χ2v) is 11.1. The van der Waals surface area contributed by atoms with Crippen LogP contribution in [0.5, 0.6) is 0 Å². The quantitative estimate of drug-likeness (QED) is 0.459. The summed E-state index contributed by atoms with van der Waals surface area (Å²) < 4.78 is 0. The maximum atomic E-state index is 13.2. The molecule has 31 heavy (non-hydrogen) atoms. The van der Waals surface area contributed by atoms with E-state index in [0.717, 1.165) is 45.1 Å². The molecule has 0 aromatic rings. The predicted molar refractivity (Wildman–Crippen MR) is 119 cm³/mol. The van der Waals surface area contributed by atoms with Crippen LogP contribution in [0, 0.1) is 28.6 Å². The van der Waals surface area contributed by atoms with Crippen molar-refractivity contribution >= 4 is 11.6 Å². The second kappa shape index (κ2) is 8.36. The molecule has 0 spiro atoms. The topological polar surface area (TPSA) is 113 Å². The van der Waals surface area contributed by atoms with E-state index in [1.807, 2.05) is 13.0 Å². The Morgan fingerprint density at radius 1 is 1.23 bits per heavy atom. The Balaban J connectivity index is 1.54. The maximum Gasteiger partial charge on any atom is 0.178 e. The SMILES string of the molecule is C[C@]12CCC(=O)C=C1CC[C@@H]1[C@@H]2[C@@H](O)C[C@@]2(C)[C@H]1CC[C@]2(O)C(=O)CNCCCCN. The van der Waals surface area contributed by atoms with E-state index in [1.54, 1.807) is 0 Å². The fraction of sp³-hybridized carbons (Fsp3) is 0.840. The lowest BCUT2D eigenvalue weighted by Crippen LogP contribution is -2.62. The molecule has 4 rings (SSSR count). The number of allylic oxidation sites excluding steroid dienone is 1. The summed E-state index contributed by atoms with van der Waals surface area (Å²) in [4.78, 5) is 25.2. The number of Topliss-reactive ketones (excluding diaryl/α,β-unsaturated/α-hetero) is 1. The van der Waals surface area contributed by atoms with E-state index in [9.17, 15) is 19.8 Å². The fourth-order valence-electron chi connectivity index (χ4n) is 7.89. The van der Waals surface area contributed by atoms with E-state index in [4.69, 9.17) is 5.73 Å². The van der Waals surface area contributed by atoms with Crippen molar-refractivity contribution in [2.45, 2.75) is 83.3 Å². The van der Waals surface area contributed by atoms with Crippen molar-refractivity contribution < 1.29 is 19.8 Å². The van der Waals surface area contributed by atoms with Gasteiger partial charge >= 0.3 is 0 Å². The van der Waals surface area contributed by atoms with Crippen LogP contribution >= 0.6 is 0 Å². The number of carbonyl (C=O) groups is 2. The molecule has 3 saturated carbocycles. The Bertz CT molecular complexity index is 767. The van der Waals surface area contributed by atoms with E-state index < -0.39 is 17.1 Å². The highest BCUT2D eigenvalue weighted by Crippen LogP contribution is 2.67. The number of aliphatic hydroxyl groups is 2. The van der Waals surface area contributed by atoms with Crippen LogP contribution in [-0.4, -0.2) is 53.1 Å². The number of carbonyl (C=O) groups excluding carboxylic acids is 2. The minimum absolute atomic E-state index is 0.102. The Morgan fingerprint density at radius 2 is 2.00 bits per heavy atom. The van der Waals surface area contributed by atoms with Gasteiger partial charge in [0.1, 0.15) is 5.60 Å². The van der Waals surface area contributed by atoms with Crippen molar-refractivity contribution in [3.63, 3.8) is 0 Å². The van der Waals surface area contributed by atoms with Crippen molar-refractivity contribution in [2.24, 2.45) is 34.3 Å². The molecular weight excluding hydrogens is 392 g/mol. The summed E-state index contributed by atoms with van der Waals surface area (Å²) in [5.74, 6) is 0.680. The minimum atomic E-state index is -1.38. The Morgan fingerprint density at radius 3 is 2.74 bits per heavy atom. The van der Waals surface area contributed by atoms with Crippen LogP contribution in [-0.2, 0) is 9.59 Å². The first-order valence-corrected chi connectivity index (χ1v) is 12.3. The molecule has 0 unspecified atom stereocenters. The Labute approximate surface area is 186 Å². The van der Waals surface area contributed by atoms with Crippen LogP contribution in [0.1, 0.15) is 71.6 Å². The summed E-state index contributed by atoms with van der Waals surface area (Å²) in [5.41, 5.74) is 4.60. The van der Waals surface area contributed by atoms with Gasteiger partial charge in [0, 0.05) is 11.8 Å². The van der Waals surface area contributed by atoms with E-state index in [-0.39, 0.29) is 41.3 Å².